The Morgan fingerprint density at radius 2 is 1.76 bits per heavy atom. The first-order valence-electron chi connectivity index (χ1n) is 8.70. The Bertz CT molecular complexity index is 599. The molecule has 1 fully saturated rings. The molecule has 6 nitrogen and oxygen atoms in total. The van der Waals surface area contributed by atoms with Gasteiger partial charge in [-0.05, 0) is 42.5 Å². The van der Waals surface area contributed by atoms with E-state index in [9.17, 15) is 9.59 Å². The zero-order valence-corrected chi connectivity index (χ0v) is 15.5. The molecule has 0 aliphatic carbocycles. The molecule has 1 aromatic rings. The second kappa shape index (κ2) is 7.87. The zero-order valence-electron chi connectivity index (χ0n) is 15.5. The summed E-state index contributed by atoms with van der Waals surface area (Å²) in [6.45, 7) is 7.58. The molecule has 1 heterocycles. The lowest BCUT2D eigenvalue weighted by Gasteiger charge is -2.41. The van der Waals surface area contributed by atoms with Gasteiger partial charge in [-0.25, -0.2) is 0 Å². The molecule has 6 heteroatoms. The minimum atomic E-state index is -0.286. The number of hydrogen-bond acceptors (Lipinski definition) is 4. The van der Waals surface area contributed by atoms with Crippen LogP contribution in [0.25, 0.3) is 0 Å². The Hall–Kier alpha value is -2.08. The van der Waals surface area contributed by atoms with Crippen molar-refractivity contribution >= 4 is 11.8 Å². The number of piperidine rings is 1. The summed E-state index contributed by atoms with van der Waals surface area (Å²) in [5, 5.41) is 3.08. The van der Waals surface area contributed by atoms with E-state index < -0.39 is 0 Å². The Labute approximate surface area is 149 Å². The monoisotopic (exact) mass is 347 g/mol. The number of hydrogen-bond donors (Lipinski definition) is 2. The van der Waals surface area contributed by atoms with Crippen LogP contribution in [0.3, 0.4) is 0 Å². The first-order valence-corrected chi connectivity index (χ1v) is 8.70. The summed E-state index contributed by atoms with van der Waals surface area (Å²) < 4.78 is 5.10. The normalized spacial score (nSPS) is 17.8. The first-order chi connectivity index (χ1) is 11.7. The fraction of sp³-hybridized carbons (Fsp3) is 0.579. The second-order valence-corrected chi connectivity index (χ2v) is 7.68. The highest BCUT2D eigenvalue weighted by Crippen LogP contribution is 2.27. The number of primary amides is 1. The van der Waals surface area contributed by atoms with E-state index in [4.69, 9.17) is 10.5 Å². The number of amides is 2. The summed E-state index contributed by atoms with van der Waals surface area (Å²) in [6.07, 6.45) is 1.61. The first kappa shape index (κ1) is 19.2. The molecule has 138 valence electrons. The quantitative estimate of drug-likeness (QED) is 0.850. The maximum absolute atomic E-state index is 12.4. The summed E-state index contributed by atoms with van der Waals surface area (Å²) in [7, 11) is 1.60. The van der Waals surface area contributed by atoms with Crippen LogP contribution in [0.4, 0.5) is 0 Å². The highest BCUT2D eigenvalue weighted by atomic mass is 16.5. The van der Waals surface area contributed by atoms with Crippen molar-refractivity contribution in [3.8, 4) is 5.75 Å². The number of methoxy groups -OCH3 is 1. The van der Waals surface area contributed by atoms with Gasteiger partial charge in [0.1, 0.15) is 5.75 Å². The third kappa shape index (κ3) is 4.95. The molecular formula is C19H29N3O3. The number of rotatable bonds is 5. The summed E-state index contributed by atoms with van der Waals surface area (Å²) >= 11 is 0. The van der Waals surface area contributed by atoms with E-state index in [0.29, 0.717) is 5.56 Å². The largest absolute Gasteiger partial charge is 0.497 e. The van der Waals surface area contributed by atoms with Crippen molar-refractivity contribution in [2.24, 2.45) is 11.1 Å². The molecular weight excluding hydrogens is 318 g/mol. The highest BCUT2D eigenvalue weighted by molar-refractivity contribution is 5.94. The van der Waals surface area contributed by atoms with Gasteiger partial charge in [-0.15, -0.1) is 0 Å². The number of nitrogens with one attached hydrogen (secondary N) is 1. The van der Waals surface area contributed by atoms with E-state index in [0.717, 1.165) is 31.7 Å². The summed E-state index contributed by atoms with van der Waals surface area (Å²) in [5.41, 5.74) is 6.02. The number of carbonyl (C=O) groups is 2. The van der Waals surface area contributed by atoms with Crippen molar-refractivity contribution in [1.82, 2.24) is 10.2 Å². The standard InChI is InChI=1S/C19H29N3O3/c1-19(2,3)16(17(20)23)22-11-9-14(10-12-22)21-18(24)13-5-7-15(25-4)8-6-13/h5-8,14,16H,9-12H2,1-4H3,(H2,20,23)(H,21,24). The molecule has 2 amide bonds. The van der Waals surface area contributed by atoms with Crippen LogP contribution in [-0.2, 0) is 4.79 Å². The van der Waals surface area contributed by atoms with E-state index in [-0.39, 0.29) is 29.3 Å². The van der Waals surface area contributed by atoms with Crippen molar-refractivity contribution in [2.75, 3.05) is 20.2 Å². The van der Waals surface area contributed by atoms with Crippen LogP contribution in [0, 0.1) is 5.41 Å². The molecule has 1 atom stereocenters. The molecule has 0 spiro atoms. The van der Waals surface area contributed by atoms with Crippen LogP contribution in [0.5, 0.6) is 5.75 Å². The SMILES string of the molecule is COc1ccc(C(=O)NC2CCN(C(C(N)=O)C(C)(C)C)CC2)cc1. The zero-order chi connectivity index (χ0) is 18.6. The van der Waals surface area contributed by atoms with Gasteiger partial charge in [0.2, 0.25) is 5.91 Å². The Balaban J connectivity index is 1.91. The van der Waals surface area contributed by atoms with Crippen molar-refractivity contribution in [1.29, 1.82) is 0 Å². The minimum Gasteiger partial charge on any atom is -0.497 e. The minimum absolute atomic E-state index is 0.0802. The molecule has 1 aliphatic heterocycles. The summed E-state index contributed by atoms with van der Waals surface area (Å²) in [6, 6.07) is 6.89. The molecule has 0 aromatic heterocycles. The third-order valence-electron chi connectivity index (χ3n) is 4.67. The number of benzene rings is 1. The summed E-state index contributed by atoms with van der Waals surface area (Å²) in [4.78, 5) is 26.3. The molecule has 3 N–H and O–H groups in total. The van der Waals surface area contributed by atoms with Gasteiger partial charge in [-0.1, -0.05) is 20.8 Å². The van der Waals surface area contributed by atoms with Crippen LogP contribution in [0.1, 0.15) is 44.0 Å². The van der Waals surface area contributed by atoms with E-state index >= 15 is 0 Å². The third-order valence-corrected chi connectivity index (χ3v) is 4.67. The van der Waals surface area contributed by atoms with Crippen LogP contribution >= 0.6 is 0 Å². The maximum atomic E-state index is 12.4. The lowest BCUT2D eigenvalue weighted by molar-refractivity contribution is -0.127. The van der Waals surface area contributed by atoms with Crippen molar-refractivity contribution in [2.45, 2.75) is 45.7 Å². The van der Waals surface area contributed by atoms with Gasteiger partial charge in [0.15, 0.2) is 0 Å². The number of ether oxygens (including phenoxy) is 1. The van der Waals surface area contributed by atoms with Gasteiger partial charge in [-0.2, -0.15) is 0 Å². The van der Waals surface area contributed by atoms with Crippen LogP contribution in [0.15, 0.2) is 24.3 Å². The molecule has 0 radical (unpaired) electrons. The summed E-state index contributed by atoms with van der Waals surface area (Å²) in [5.74, 6) is 0.362. The van der Waals surface area contributed by atoms with Gasteiger partial charge in [-0.3, -0.25) is 14.5 Å². The maximum Gasteiger partial charge on any atom is 0.251 e. The molecule has 1 aromatic carbocycles. The fourth-order valence-corrected chi connectivity index (χ4v) is 3.47. The number of nitrogens with two attached hydrogens (primary N) is 1. The smallest absolute Gasteiger partial charge is 0.251 e. The van der Waals surface area contributed by atoms with Crippen molar-refractivity contribution in [3.05, 3.63) is 29.8 Å². The molecule has 0 saturated carbocycles. The number of likely N-dealkylation sites (tertiary alicyclic amines) is 1. The Morgan fingerprint density at radius 1 is 1.20 bits per heavy atom. The van der Waals surface area contributed by atoms with Gasteiger partial charge >= 0.3 is 0 Å². The predicted molar refractivity (Wildman–Crippen MR) is 97.5 cm³/mol. The lowest BCUT2D eigenvalue weighted by atomic mass is 9.84. The second-order valence-electron chi connectivity index (χ2n) is 7.68. The van der Waals surface area contributed by atoms with E-state index in [1.165, 1.54) is 0 Å². The molecule has 1 saturated heterocycles. The van der Waals surface area contributed by atoms with Gasteiger partial charge in [0.25, 0.3) is 5.91 Å². The van der Waals surface area contributed by atoms with E-state index in [1.807, 2.05) is 20.8 Å². The van der Waals surface area contributed by atoms with Gasteiger partial charge in [0.05, 0.1) is 13.2 Å². The highest BCUT2D eigenvalue weighted by Gasteiger charge is 2.36. The average molecular weight is 347 g/mol. The molecule has 2 rings (SSSR count). The Morgan fingerprint density at radius 3 is 2.20 bits per heavy atom. The van der Waals surface area contributed by atoms with E-state index in [2.05, 4.69) is 10.2 Å². The fourth-order valence-electron chi connectivity index (χ4n) is 3.47. The number of nitrogens with zero attached hydrogens (tertiary/aromatic N) is 1. The topological polar surface area (TPSA) is 84.7 Å². The average Bonchev–Trinajstić information content (AvgIpc) is 2.55. The van der Waals surface area contributed by atoms with Gasteiger partial charge in [0, 0.05) is 24.7 Å². The van der Waals surface area contributed by atoms with Crippen molar-refractivity contribution in [3.63, 3.8) is 0 Å². The molecule has 25 heavy (non-hydrogen) atoms. The van der Waals surface area contributed by atoms with Crippen LogP contribution < -0.4 is 15.8 Å². The molecule has 0 bridgehead atoms. The number of carbonyl (C=O) groups excluding carboxylic acids is 2. The Kier molecular flexibility index (Phi) is 6.06. The van der Waals surface area contributed by atoms with Crippen molar-refractivity contribution < 1.29 is 14.3 Å². The van der Waals surface area contributed by atoms with Gasteiger partial charge < -0.3 is 15.8 Å². The molecule has 1 unspecified atom stereocenters. The predicted octanol–water partition coefficient (Wildman–Crippen LogP) is 1.79. The van der Waals surface area contributed by atoms with E-state index in [1.54, 1.807) is 31.4 Å². The lowest BCUT2D eigenvalue weighted by Crippen LogP contribution is -2.56. The van der Waals surface area contributed by atoms with Crippen LogP contribution in [-0.4, -0.2) is 49.0 Å². The molecule has 1 aliphatic rings. The van der Waals surface area contributed by atoms with Crippen LogP contribution in [0.2, 0.25) is 0 Å².